The quantitative estimate of drug-likeness (QED) is 0.433. The second kappa shape index (κ2) is 8.06. The number of hydrogen-bond acceptors (Lipinski definition) is 6. The van der Waals surface area contributed by atoms with Gasteiger partial charge in [0, 0.05) is 17.9 Å². The zero-order chi connectivity index (χ0) is 21.3. The van der Waals surface area contributed by atoms with E-state index >= 15 is 0 Å². The van der Waals surface area contributed by atoms with Crippen molar-refractivity contribution in [3.05, 3.63) is 77.3 Å². The lowest BCUT2D eigenvalue weighted by Gasteiger charge is -2.06. The lowest BCUT2D eigenvalue weighted by Crippen LogP contribution is -2.12. The second-order valence-corrected chi connectivity index (χ2v) is 9.86. The minimum absolute atomic E-state index is 0.0694. The predicted molar refractivity (Wildman–Crippen MR) is 119 cm³/mol. The fourth-order valence-electron chi connectivity index (χ4n) is 2.74. The second-order valence-electron chi connectivity index (χ2n) is 6.44. The number of carbonyl (C=O) groups excluding carboxylic acids is 1. The number of halogens is 1. The largest absolute Gasteiger partial charge is 0.457 e. The number of amides is 1. The van der Waals surface area contributed by atoms with E-state index in [2.05, 4.69) is 10.3 Å². The topological polar surface area (TPSA) is 85.4 Å². The van der Waals surface area contributed by atoms with Crippen LogP contribution >= 0.6 is 22.9 Å². The highest BCUT2D eigenvalue weighted by Gasteiger charge is 2.17. The van der Waals surface area contributed by atoms with Crippen LogP contribution in [0.4, 0.5) is 5.13 Å². The summed E-state index contributed by atoms with van der Waals surface area (Å²) >= 11 is 7.23. The molecule has 0 saturated heterocycles. The van der Waals surface area contributed by atoms with Crippen molar-refractivity contribution in [3.8, 4) is 11.5 Å². The van der Waals surface area contributed by atoms with Gasteiger partial charge >= 0.3 is 0 Å². The van der Waals surface area contributed by atoms with Crippen LogP contribution in [0.5, 0.6) is 11.5 Å². The number of thiazole rings is 1. The van der Waals surface area contributed by atoms with Crippen LogP contribution in [0.15, 0.2) is 71.6 Å². The summed E-state index contributed by atoms with van der Waals surface area (Å²) in [7, 11) is -3.55. The van der Waals surface area contributed by atoms with E-state index < -0.39 is 15.7 Å². The molecule has 30 heavy (non-hydrogen) atoms. The van der Waals surface area contributed by atoms with E-state index in [0.29, 0.717) is 16.4 Å². The van der Waals surface area contributed by atoms with Gasteiger partial charge in [0.05, 0.1) is 20.1 Å². The molecular formula is C21H15ClN2O4S2. The van der Waals surface area contributed by atoms with E-state index in [1.165, 1.54) is 29.5 Å². The van der Waals surface area contributed by atoms with Crippen molar-refractivity contribution in [3.63, 3.8) is 0 Å². The Balaban J connectivity index is 1.56. The molecule has 0 bridgehead atoms. The number of ether oxygens (including phenoxy) is 1. The van der Waals surface area contributed by atoms with Gasteiger partial charge in [-0.05, 0) is 42.5 Å². The van der Waals surface area contributed by atoms with Crippen molar-refractivity contribution in [2.24, 2.45) is 0 Å². The van der Waals surface area contributed by atoms with Gasteiger partial charge in [-0.3, -0.25) is 10.1 Å². The van der Waals surface area contributed by atoms with Gasteiger partial charge in [-0.1, -0.05) is 41.1 Å². The molecule has 0 radical (unpaired) electrons. The van der Waals surface area contributed by atoms with Crippen molar-refractivity contribution in [2.75, 3.05) is 11.6 Å². The molecule has 0 spiro atoms. The molecule has 3 aromatic carbocycles. The van der Waals surface area contributed by atoms with Crippen LogP contribution < -0.4 is 10.1 Å². The molecule has 152 valence electrons. The predicted octanol–water partition coefficient (Wildman–Crippen LogP) is 5.40. The summed E-state index contributed by atoms with van der Waals surface area (Å²) in [5, 5.41) is 3.17. The van der Waals surface area contributed by atoms with Crippen LogP contribution in [0, 0.1) is 0 Å². The van der Waals surface area contributed by atoms with Gasteiger partial charge in [0.2, 0.25) is 0 Å². The van der Waals surface area contributed by atoms with Crippen LogP contribution in [-0.2, 0) is 9.84 Å². The number of sulfone groups is 1. The number of hydrogen-bond donors (Lipinski definition) is 1. The molecule has 0 saturated carbocycles. The zero-order valence-electron chi connectivity index (χ0n) is 15.6. The normalized spacial score (nSPS) is 11.4. The molecule has 0 unspecified atom stereocenters. The van der Waals surface area contributed by atoms with Gasteiger partial charge < -0.3 is 4.74 Å². The Morgan fingerprint density at radius 2 is 1.80 bits per heavy atom. The van der Waals surface area contributed by atoms with Gasteiger partial charge in [0.15, 0.2) is 15.0 Å². The molecule has 4 rings (SSSR count). The third kappa shape index (κ3) is 4.46. The average molecular weight is 459 g/mol. The van der Waals surface area contributed by atoms with Gasteiger partial charge in [0.1, 0.15) is 11.5 Å². The number of benzene rings is 3. The highest BCUT2D eigenvalue weighted by molar-refractivity contribution is 7.90. The lowest BCUT2D eigenvalue weighted by atomic mass is 10.2. The number of nitrogens with zero attached hydrogens (tertiary/aromatic N) is 1. The van der Waals surface area contributed by atoms with Gasteiger partial charge in [0.25, 0.3) is 5.91 Å². The molecule has 0 aliphatic heterocycles. The number of aromatic nitrogens is 1. The summed E-state index contributed by atoms with van der Waals surface area (Å²) in [4.78, 5) is 16.9. The van der Waals surface area contributed by atoms with Crippen LogP contribution in [0.1, 0.15) is 10.4 Å². The Labute approximate surface area is 182 Å². The van der Waals surface area contributed by atoms with E-state index in [1.807, 2.05) is 42.5 Å². The average Bonchev–Trinajstić information content (AvgIpc) is 3.09. The van der Waals surface area contributed by atoms with Crippen LogP contribution in [-0.4, -0.2) is 25.6 Å². The Kier molecular flexibility index (Phi) is 5.46. The molecule has 1 N–H and O–H groups in total. The number of para-hydroxylation sites is 1. The molecule has 1 amide bonds. The summed E-state index contributed by atoms with van der Waals surface area (Å²) < 4.78 is 30.3. The van der Waals surface area contributed by atoms with E-state index in [4.69, 9.17) is 16.3 Å². The molecule has 6 nitrogen and oxygen atoms in total. The highest BCUT2D eigenvalue weighted by atomic mass is 35.5. The van der Waals surface area contributed by atoms with Crippen molar-refractivity contribution >= 4 is 54.0 Å². The zero-order valence-corrected chi connectivity index (χ0v) is 18.0. The maximum absolute atomic E-state index is 12.6. The van der Waals surface area contributed by atoms with Gasteiger partial charge in [-0.2, -0.15) is 0 Å². The SMILES string of the molecule is CS(=O)(=O)c1cc(C(=O)Nc2nc3ccc(Oc4ccccc4)cc3s2)ccc1Cl. The monoisotopic (exact) mass is 458 g/mol. The van der Waals surface area contributed by atoms with Crippen molar-refractivity contribution in [2.45, 2.75) is 4.90 Å². The van der Waals surface area contributed by atoms with Crippen LogP contribution in [0.2, 0.25) is 5.02 Å². The van der Waals surface area contributed by atoms with Gasteiger partial charge in [-0.15, -0.1) is 0 Å². The third-order valence-electron chi connectivity index (χ3n) is 4.15. The number of anilines is 1. The summed E-state index contributed by atoms with van der Waals surface area (Å²) in [6.45, 7) is 0. The number of rotatable bonds is 5. The van der Waals surface area contributed by atoms with E-state index in [0.717, 1.165) is 16.7 Å². The summed E-state index contributed by atoms with van der Waals surface area (Å²) in [5.41, 5.74) is 0.885. The van der Waals surface area contributed by atoms with Crippen molar-refractivity contribution in [1.82, 2.24) is 4.98 Å². The number of fused-ring (bicyclic) bond motifs is 1. The standard InChI is InChI=1S/C21H15ClN2O4S2/c1-30(26,27)19-11-13(7-9-16(19)22)20(25)24-21-23-17-10-8-15(12-18(17)29-21)28-14-5-3-2-4-6-14/h2-12H,1H3,(H,23,24,25). The summed E-state index contributed by atoms with van der Waals surface area (Å²) in [6.07, 6.45) is 1.04. The van der Waals surface area contributed by atoms with Crippen LogP contribution in [0.3, 0.4) is 0 Å². The molecule has 1 heterocycles. The molecule has 0 atom stereocenters. The third-order valence-corrected chi connectivity index (χ3v) is 6.66. The Morgan fingerprint density at radius 1 is 1.03 bits per heavy atom. The van der Waals surface area contributed by atoms with E-state index in [1.54, 1.807) is 6.07 Å². The lowest BCUT2D eigenvalue weighted by molar-refractivity contribution is 0.102. The minimum atomic E-state index is -3.55. The maximum Gasteiger partial charge on any atom is 0.257 e. The molecule has 9 heteroatoms. The first-order chi connectivity index (χ1) is 14.3. The fraction of sp³-hybridized carbons (Fsp3) is 0.0476. The maximum atomic E-state index is 12.6. The summed E-state index contributed by atoms with van der Waals surface area (Å²) in [5.74, 6) is 0.904. The first-order valence-electron chi connectivity index (χ1n) is 8.74. The first kappa shape index (κ1) is 20.3. The Hall–Kier alpha value is -2.94. The molecule has 1 aromatic heterocycles. The number of nitrogens with one attached hydrogen (secondary N) is 1. The Morgan fingerprint density at radius 3 is 2.53 bits per heavy atom. The first-order valence-corrected chi connectivity index (χ1v) is 11.8. The van der Waals surface area contributed by atoms with E-state index in [9.17, 15) is 13.2 Å². The Bertz CT molecular complexity index is 1350. The molecule has 0 aliphatic carbocycles. The minimum Gasteiger partial charge on any atom is -0.457 e. The van der Waals surface area contributed by atoms with Gasteiger partial charge in [-0.25, -0.2) is 13.4 Å². The smallest absolute Gasteiger partial charge is 0.257 e. The van der Waals surface area contributed by atoms with Crippen molar-refractivity contribution in [1.29, 1.82) is 0 Å². The van der Waals surface area contributed by atoms with Crippen molar-refractivity contribution < 1.29 is 17.9 Å². The van der Waals surface area contributed by atoms with Crippen LogP contribution in [0.25, 0.3) is 10.2 Å². The number of carbonyl (C=O) groups is 1. The van der Waals surface area contributed by atoms with E-state index in [-0.39, 0.29) is 15.5 Å². The highest BCUT2D eigenvalue weighted by Crippen LogP contribution is 2.31. The summed E-state index contributed by atoms with van der Waals surface area (Å²) in [6, 6.07) is 19.0. The molecule has 4 aromatic rings. The fourth-order valence-corrected chi connectivity index (χ4v) is 4.94. The molecule has 0 aliphatic rings. The molecule has 0 fully saturated rings. The molecular weight excluding hydrogens is 444 g/mol.